The molecule has 1 aliphatic heterocycles. The van der Waals surface area contributed by atoms with E-state index in [4.69, 9.17) is 4.74 Å². The average molecular weight is 372 g/mol. The molecule has 1 heterocycles. The second-order valence-corrected chi connectivity index (χ2v) is 6.83. The van der Waals surface area contributed by atoms with Crippen molar-refractivity contribution in [3.8, 4) is 5.75 Å². The first kappa shape index (κ1) is 19.3. The summed E-state index contributed by atoms with van der Waals surface area (Å²) in [5.41, 5.74) is 0.674. The lowest BCUT2D eigenvalue weighted by atomic mass is 10.0. The molecule has 0 aliphatic carbocycles. The summed E-state index contributed by atoms with van der Waals surface area (Å²) in [6, 6.07) is 15.1. The Morgan fingerprint density at radius 1 is 1.15 bits per heavy atom. The number of nitrogens with zero attached hydrogens (tertiary/aromatic N) is 1. The van der Waals surface area contributed by atoms with E-state index in [2.05, 4.69) is 10.2 Å². The first-order valence-corrected chi connectivity index (χ1v) is 9.25. The maximum atomic E-state index is 12.9. The second kappa shape index (κ2) is 9.48. The maximum absolute atomic E-state index is 12.9. The molecule has 1 atom stereocenters. The molecule has 0 saturated carbocycles. The zero-order valence-electron chi connectivity index (χ0n) is 15.2. The van der Waals surface area contributed by atoms with Crippen molar-refractivity contribution < 1.29 is 19.0 Å². The molecule has 3 rings (SSSR count). The highest BCUT2D eigenvalue weighted by molar-refractivity contribution is 5.94. The van der Waals surface area contributed by atoms with Gasteiger partial charge in [0.1, 0.15) is 24.3 Å². The van der Waals surface area contributed by atoms with Crippen molar-refractivity contribution in [2.45, 2.75) is 25.0 Å². The molecule has 1 unspecified atom stereocenters. The molecule has 144 valence electrons. The maximum Gasteiger partial charge on any atom is 0.251 e. The number of hydrogen-bond acceptors (Lipinski definition) is 4. The van der Waals surface area contributed by atoms with E-state index in [0.717, 1.165) is 25.9 Å². The smallest absolute Gasteiger partial charge is 0.251 e. The van der Waals surface area contributed by atoms with E-state index < -0.39 is 6.10 Å². The van der Waals surface area contributed by atoms with Crippen molar-refractivity contribution in [1.82, 2.24) is 10.2 Å². The zero-order valence-corrected chi connectivity index (χ0v) is 15.2. The molecule has 0 aromatic heterocycles. The van der Waals surface area contributed by atoms with Crippen molar-refractivity contribution in [3.63, 3.8) is 0 Å². The van der Waals surface area contributed by atoms with E-state index in [1.54, 1.807) is 12.1 Å². The van der Waals surface area contributed by atoms with Crippen LogP contribution in [0.15, 0.2) is 54.6 Å². The molecule has 1 aliphatic rings. The highest BCUT2D eigenvalue weighted by Gasteiger charge is 2.22. The number of benzene rings is 2. The molecule has 1 saturated heterocycles. The van der Waals surface area contributed by atoms with Gasteiger partial charge in [-0.25, -0.2) is 4.39 Å². The Morgan fingerprint density at radius 3 is 2.48 bits per heavy atom. The fraction of sp³-hybridized carbons (Fsp3) is 0.381. The summed E-state index contributed by atoms with van der Waals surface area (Å²) in [4.78, 5) is 14.4. The van der Waals surface area contributed by atoms with E-state index in [0.29, 0.717) is 17.9 Å². The fourth-order valence-electron chi connectivity index (χ4n) is 3.19. The molecule has 0 spiro atoms. The number of aliphatic hydroxyl groups is 1. The van der Waals surface area contributed by atoms with Gasteiger partial charge in [-0.2, -0.15) is 0 Å². The summed E-state index contributed by atoms with van der Waals surface area (Å²) >= 11 is 0. The van der Waals surface area contributed by atoms with E-state index >= 15 is 0 Å². The van der Waals surface area contributed by atoms with E-state index in [9.17, 15) is 14.3 Å². The minimum Gasteiger partial charge on any atom is -0.491 e. The number of nitrogens with one attached hydrogen (secondary N) is 1. The molecule has 2 N–H and O–H groups in total. The molecule has 0 bridgehead atoms. The Morgan fingerprint density at radius 2 is 1.81 bits per heavy atom. The third-order valence-corrected chi connectivity index (χ3v) is 4.68. The van der Waals surface area contributed by atoms with Crippen LogP contribution in [0, 0.1) is 5.82 Å². The summed E-state index contributed by atoms with van der Waals surface area (Å²) in [5.74, 6) is 0.185. The largest absolute Gasteiger partial charge is 0.491 e. The number of β-amino-alcohol motifs (C(OH)–C–C–N with tert-alkyl or cyclic N) is 1. The summed E-state index contributed by atoms with van der Waals surface area (Å²) < 4.78 is 18.4. The minimum absolute atomic E-state index is 0.0400. The number of ether oxygens (including phenoxy) is 1. The molecule has 1 amide bonds. The van der Waals surface area contributed by atoms with Gasteiger partial charge in [0, 0.05) is 31.2 Å². The number of hydrogen-bond donors (Lipinski definition) is 2. The monoisotopic (exact) mass is 372 g/mol. The van der Waals surface area contributed by atoms with Crippen molar-refractivity contribution in [3.05, 3.63) is 66.0 Å². The van der Waals surface area contributed by atoms with Crippen LogP contribution in [0.2, 0.25) is 0 Å². The Balaban J connectivity index is 1.36. The Bertz CT molecular complexity index is 716. The third kappa shape index (κ3) is 6.05. The molecular weight excluding hydrogens is 347 g/mol. The zero-order chi connectivity index (χ0) is 19.1. The number of carbonyl (C=O) groups is 1. The van der Waals surface area contributed by atoms with Gasteiger partial charge in [0.2, 0.25) is 0 Å². The number of likely N-dealkylation sites (tertiary alicyclic amines) is 1. The predicted octanol–water partition coefficient (Wildman–Crippen LogP) is 2.46. The third-order valence-electron chi connectivity index (χ3n) is 4.68. The van der Waals surface area contributed by atoms with Crippen LogP contribution in [0.4, 0.5) is 4.39 Å². The van der Waals surface area contributed by atoms with Gasteiger partial charge >= 0.3 is 0 Å². The van der Waals surface area contributed by atoms with Crippen LogP contribution in [0.25, 0.3) is 0 Å². The van der Waals surface area contributed by atoms with Gasteiger partial charge in [-0.3, -0.25) is 4.79 Å². The highest BCUT2D eigenvalue weighted by Crippen LogP contribution is 2.14. The van der Waals surface area contributed by atoms with Gasteiger partial charge < -0.3 is 20.1 Å². The average Bonchev–Trinajstić information content (AvgIpc) is 2.70. The Labute approximate surface area is 158 Å². The first-order valence-electron chi connectivity index (χ1n) is 9.25. The van der Waals surface area contributed by atoms with Crippen LogP contribution in [0.3, 0.4) is 0 Å². The van der Waals surface area contributed by atoms with Crippen LogP contribution >= 0.6 is 0 Å². The Hall–Kier alpha value is -2.44. The van der Waals surface area contributed by atoms with Crippen LogP contribution in [-0.4, -0.2) is 54.3 Å². The first-order chi connectivity index (χ1) is 13.1. The predicted molar refractivity (Wildman–Crippen MR) is 101 cm³/mol. The second-order valence-electron chi connectivity index (χ2n) is 6.83. The number of aliphatic hydroxyl groups excluding tert-OH is 1. The van der Waals surface area contributed by atoms with Gasteiger partial charge in [0.15, 0.2) is 0 Å². The minimum atomic E-state index is -0.620. The molecule has 0 radical (unpaired) electrons. The number of piperidine rings is 1. The van der Waals surface area contributed by atoms with Gasteiger partial charge in [-0.05, 0) is 49.2 Å². The van der Waals surface area contributed by atoms with Crippen LogP contribution in [-0.2, 0) is 0 Å². The number of carbonyl (C=O) groups excluding carboxylic acids is 1. The summed E-state index contributed by atoms with van der Waals surface area (Å²) in [5, 5.41) is 13.2. The topological polar surface area (TPSA) is 61.8 Å². The van der Waals surface area contributed by atoms with E-state index in [1.165, 1.54) is 12.1 Å². The van der Waals surface area contributed by atoms with Crippen molar-refractivity contribution in [2.24, 2.45) is 0 Å². The molecule has 1 fully saturated rings. The number of halogens is 1. The van der Waals surface area contributed by atoms with Crippen molar-refractivity contribution in [1.29, 1.82) is 0 Å². The Kier molecular flexibility index (Phi) is 6.79. The normalized spacial score (nSPS) is 16.7. The summed E-state index contributed by atoms with van der Waals surface area (Å²) in [7, 11) is 0. The van der Waals surface area contributed by atoms with Crippen molar-refractivity contribution >= 4 is 5.91 Å². The summed E-state index contributed by atoms with van der Waals surface area (Å²) in [6.07, 6.45) is 1.08. The van der Waals surface area contributed by atoms with Gasteiger partial charge in [0.05, 0.1) is 0 Å². The SMILES string of the molecule is O=C(NC1CCN(CC(O)COc2ccc(F)cc2)CC1)c1ccccc1. The summed E-state index contributed by atoms with van der Waals surface area (Å²) in [6.45, 7) is 2.30. The van der Waals surface area contributed by atoms with Crippen LogP contribution < -0.4 is 10.1 Å². The molecule has 2 aromatic carbocycles. The van der Waals surface area contributed by atoms with Gasteiger partial charge in [-0.15, -0.1) is 0 Å². The lowest BCUT2D eigenvalue weighted by molar-refractivity contribution is 0.0567. The molecule has 5 nitrogen and oxygen atoms in total. The van der Waals surface area contributed by atoms with E-state index in [-0.39, 0.29) is 24.4 Å². The fourth-order valence-corrected chi connectivity index (χ4v) is 3.19. The van der Waals surface area contributed by atoms with Crippen LogP contribution in [0.5, 0.6) is 5.75 Å². The number of amides is 1. The highest BCUT2D eigenvalue weighted by atomic mass is 19.1. The quantitative estimate of drug-likeness (QED) is 0.784. The lowest BCUT2D eigenvalue weighted by Crippen LogP contribution is -2.47. The lowest BCUT2D eigenvalue weighted by Gasteiger charge is -2.33. The van der Waals surface area contributed by atoms with Crippen LogP contribution in [0.1, 0.15) is 23.2 Å². The molecule has 2 aromatic rings. The molecule has 27 heavy (non-hydrogen) atoms. The standard InChI is InChI=1S/C21H25FN2O3/c22-17-6-8-20(9-7-17)27-15-19(25)14-24-12-10-18(11-13-24)23-21(26)16-4-2-1-3-5-16/h1-9,18-19,25H,10-15H2,(H,23,26). The molecular formula is C21H25FN2O3. The molecule has 6 heteroatoms. The van der Waals surface area contributed by atoms with Gasteiger partial charge in [-0.1, -0.05) is 18.2 Å². The number of rotatable bonds is 7. The van der Waals surface area contributed by atoms with Crippen molar-refractivity contribution in [2.75, 3.05) is 26.2 Å². The van der Waals surface area contributed by atoms with E-state index in [1.807, 2.05) is 30.3 Å². The van der Waals surface area contributed by atoms with Gasteiger partial charge in [0.25, 0.3) is 5.91 Å².